The molecule has 2 atom stereocenters. The molecule has 4 rings (SSSR count). The van der Waals surface area contributed by atoms with Gasteiger partial charge in [0, 0.05) is 5.75 Å². The number of amides is 1. The predicted molar refractivity (Wildman–Crippen MR) is 116 cm³/mol. The molecule has 0 radical (unpaired) electrons. The molecule has 29 heavy (non-hydrogen) atoms. The lowest BCUT2D eigenvalue weighted by molar-refractivity contribution is -0.119. The second-order valence-electron chi connectivity index (χ2n) is 6.61. The summed E-state index contributed by atoms with van der Waals surface area (Å²) in [5.41, 5.74) is 2.18. The largest absolute Gasteiger partial charge is 0.497 e. The van der Waals surface area contributed by atoms with Gasteiger partial charge in [0.2, 0.25) is 0 Å². The molecule has 8 heteroatoms. The van der Waals surface area contributed by atoms with Gasteiger partial charge in [-0.3, -0.25) is 9.69 Å². The van der Waals surface area contributed by atoms with Crippen molar-refractivity contribution in [3.63, 3.8) is 0 Å². The highest BCUT2D eigenvalue weighted by molar-refractivity contribution is 7.99. The Balaban J connectivity index is 1.58. The molecule has 0 unspecified atom stereocenters. The van der Waals surface area contributed by atoms with Crippen molar-refractivity contribution in [3.05, 3.63) is 59.7 Å². The van der Waals surface area contributed by atoms with E-state index in [4.69, 9.17) is 21.7 Å². The summed E-state index contributed by atoms with van der Waals surface area (Å²) in [6.07, 6.45) is 0. The van der Waals surface area contributed by atoms with Crippen molar-refractivity contribution in [1.29, 1.82) is 0 Å². The van der Waals surface area contributed by atoms with E-state index in [0.29, 0.717) is 28.7 Å². The van der Waals surface area contributed by atoms with Crippen LogP contribution < -0.4 is 9.64 Å². The van der Waals surface area contributed by atoms with Crippen molar-refractivity contribution in [1.82, 2.24) is 4.90 Å². The zero-order valence-electron chi connectivity index (χ0n) is 16.0. The Morgan fingerprint density at radius 2 is 1.86 bits per heavy atom. The van der Waals surface area contributed by atoms with Crippen LogP contribution in [0.4, 0.5) is 5.69 Å². The van der Waals surface area contributed by atoms with Gasteiger partial charge >= 0.3 is 5.97 Å². The Kier molecular flexibility index (Phi) is 5.47. The van der Waals surface area contributed by atoms with Gasteiger partial charge < -0.3 is 14.4 Å². The lowest BCUT2D eigenvalue weighted by Crippen LogP contribution is -2.33. The molecule has 150 valence electrons. The molecule has 2 aliphatic rings. The number of hydrogen-bond acceptors (Lipinski definition) is 6. The molecular formula is C21H20N2O4S2. The van der Waals surface area contributed by atoms with E-state index in [-0.39, 0.29) is 23.3 Å². The highest BCUT2D eigenvalue weighted by Gasteiger charge is 2.50. The fourth-order valence-electron chi connectivity index (χ4n) is 3.51. The first-order chi connectivity index (χ1) is 14.0. The third-order valence-corrected chi connectivity index (χ3v) is 6.67. The third kappa shape index (κ3) is 3.47. The van der Waals surface area contributed by atoms with Gasteiger partial charge in [0.05, 0.1) is 25.0 Å². The number of nitrogens with zero attached hydrogens (tertiary/aromatic N) is 2. The Hall–Kier alpha value is -2.58. The van der Waals surface area contributed by atoms with Crippen LogP contribution >= 0.6 is 24.0 Å². The van der Waals surface area contributed by atoms with Crippen LogP contribution in [0.15, 0.2) is 48.5 Å². The number of thiocarbonyl (C=S) groups is 1. The minimum atomic E-state index is -0.383. The summed E-state index contributed by atoms with van der Waals surface area (Å²) in [6.45, 7) is 2.08. The molecule has 0 bridgehead atoms. The second-order valence-corrected chi connectivity index (χ2v) is 8.08. The van der Waals surface area contributed by atoms with Crippen LogP contribution in [0.2, 0.25) is 0 Å². The van der Waals surface area contributed by atoms with Gasteiger partial charge in [-0.15, -0.1) is 11.8 Å². The number of rotatable bonds is 5. The van der Waals surface area contributed by atoms with E-state index in [1.165, 1.54) is 0 Å². The predicted octanol–water partition coefficient (Wildman–Crippen LogP) is 3.62. The summed E-state index contributed by atoms with van der Waals surface area (Å²) in [6, 6.07) is 14.3. The lowest BCUT2D eigenvalue weighted by Gasteiger charge is -2.25. The number of hydrogen-bond donors (Lipinski definition) is 0. The van der Waals surface area contributed by atoms with Crippen LogP contribution in [-0.4, -0.2) is 47.4 Å². The number of anilines is 1. The second kappa shape index (κ2) is 8.04. The molecule has 2 fully saturated rings. The standard InChI is InChI=1S/C21H20N2O4S2/c1-3-27-20(25)14-4-8-15(9-5-14)22-18(24)17-12-29-19(23(17)21(22)28)13-6-10-16(26-2)11-7-13/h4-11,17,19H,3,12H2,1-2H3/t17-,19-/m0/s1. The van der Waals surface area contributed by atoms with Crippen molar-refractivity contribution in [2.45, 2.75) is 18.3 Å². The van der Waals surface area contributed by atoms with Gasteiger partial charge in [0.1, 0.15) is 17.2 Å². The number of methoxy groups -OCH3 is 1. The van der Waals surface area contributed by atoms with Crippen LogP contribution in [0, 0.1) is 0 Å². The van der Waals surface area contributed by atoms with Crippen LogP contribution in [0.3, 0.4) is 0 Å². The summed E-state index contributed by atoms with van der Waals surface area (Å²) < 4.78 is 10.2. The summed E-state index contributed by atoms with van der Waals surface area (Å²) in [5, 5.41) is 0.459. The molecule has 0 aliphatic carbocycles. The van der Waals surface area contributed by atoms with Crippen LogP contribution in [0.1, 0.15) is 28.2 Å². The molecule has 2 saturated heterocycles. The van der Waals surface area contributed by atoms with E-state index in [0.717, 1.165) is 11.3 Å². The molecule has 1 amide bonds. The number of esters is 1. The Morgan fingerprint density at radius 1 is 1.17 bits per heavy atom. The number of benzene rings is 2. The molecule has 2 heterocycles. The molecular weight excluding hydrogens is 408 g/mol. The van der Waals surface area contributed by atoms with Crippen molar-refractivity contribution in [3.8, 4) is 5.75 Å². The Bertz CT molecular complexity index is 946. The maximum atomic E-state index is 13.1. The summed E-state index contributed by atoms with van der Waals surface area (Å²) in [7, 11) is 1.63. The SMILES string of the molecule is CCOC(=O)c1ccc(N2C(=O)[C@@H]3CS[C@@H](c4ccc(OC)cc4)N3C2=S)cc1. The molecule has 0 N–H and O–H groups in total. The monoisotopic (exact) mass is 428 g/mol. The van der Waals surface area contributed by atoms with E-state index in [2.05, 4.69) is 0 Å². The first-order valence-electron chi connectivity index (χ1n) is 9.24. The topological polar surface area (TPSA) is 59.1 Å². The molecule has 2 aliphatic heterocycles. The molecule has 6 nitrogen and oxygen atoms in total. The molecule has 2 aromatic rings. The van der Waals surface area contributed by atoms with Crippen LogP contribution in [0.25, 0.3) is 0 Å². The highest BCUT2D eigenvalue weighted by atomic mass is 32.2. The van der Waals surface area contributed by atoms with Crippen molar-refractivity contribution in [2.75, 3.05) is 24.4 Å². The van der Waals surface area contributed by atoms with E-state index in [1.807, 2.05) is 29.2 Å². The molecule has 0 spiro atoms. The Labute approximate surface area is 178 Å². The van der Waals surface area contributed by atoms with Crippen LogP contribution in [-0.2, 0) is 9.53 Å². The normalized spacial score (nSPS) is 20.8. The smallest absolute Gasteiger partial charge is 0.338 e. The van der Waals surface area contributed by atoms with Crippen molar-refractivity contribution < 1.29 is 19.1 Å². The lowest BCUT2D eigenvalue weighted by atomic mass is 10.2. The first-order valence-corrected chi connectivity index (χ1v) is 10.7. The summed E-state index contributed by atoms with van der Waals surface area (Å²) >= 11 is 7.40. The molecule has 0 aromatic heterocycles. The molecule has 0 saturated carbocycles. The fourth-order valence-corrected chi connectivity index (χ4v) is 5.43. The minimum absolute atomic E-state index is 0.0221. The zero-order valence-corrected chi connectivity index (χ0v) is 17.7. The summed E-state index contributed by atoms with van der Waals surface area (Å²) in [5.74, 6) is 1.04. The average Bonchev–Trinajstić information content (AvgIpc) is 3.29. The minimum Gasteiger partial charge on any atom is -0.497 e. The number of carbonyl (C=O) groups excluding carboxylic acids is 2. The van der Waals surface area contributed by atoms with Gasteiger partial charge in [-0.2, -0.15) is 0 Å². The van der Waals surface area contributed by atoms with Gasteiger partial charge in [-0.05, 0) is 61.1 Å². The van der Waals surface area contributed by atoms with E-state index in [9.17, 15) is 9.59 Å². The number of carbonyl (C=O) groups is 2. The quantitative estimate of drug-likeness (QED) is 0.532. The van der Waals surface area contributed by atoms with Gasteiger partial charge in [0.15, 0.2) is 5.11 Å². The summed E-state index contributed by atoms with van der Waals surface area (Å²) in [4.78, 5) is 28.5. The number of thioether (sulfide) groups is 1. The average molecular weight is 429 g/mol. The van der Waals surface area contributed by atoms with Gasteiger partial charge in [0.25, 0.3) is 5.91 Å². The van der Waals surface area contributed by atoms with E-state index < -0.39 is 0 Å². The maximum Gasteiger partial charge on any atom is 0.338 e. The van der Waals surface area contributed by atoms with E-state index >= 15 is 0 Å². The first kappa shape index (κ1) is 19.7. The third-order valence-electron chi connectivity index (χ3n) is 4.96. The maximum absolute atomic E-state index is 13.1. The highest BCUT2D eigenvalue weighted by Crippen LogP contribution is 2.46. The number of fused-ring (bicyclic) bond motifs is 1. The van der Waals surface area contributed by atoms with Crippen LogP contribution in [0.5, 0.6) is 5.75 Å². The van der Waals surface area contributed by atoms with Crippen molar-refractivity contribution in [2.24, 2.45) is 0 Å². The van der Waals surface area contributed by atoms with Crippen molar-refractivity contribution >= 4 is 46.7 Å². The van der Waals surface area contributed by atoms with Gasteiger partial charge in [-0.1, -0.05) is 12.1 Å². The Morgan fingerprint density at radius 3 is 2.48 bits per heavy atom. The number of ether oxygens (including phenoxy) is 2. The van der Waals surface area contributed by atoms with E-state index in [1.54, 1.807) is 55.0 Å². The fraction of sp³-hybridized carbons (Fsp3) is 0.286. The zero-order chi connectivity index (χ0) is 20.5. The molecule has 2 aromatic carbocycles. The van der Waals surface area contributed by atoms with Gasteiger partial charge in [-0.25, -0.2) is 4.79 Å².